The van der Waals surface area contributed by atoms with E-state index in [1.165, 1.54) is 6.07 Å². The van der Waals surface area contributed by atoms with Gasteiger partial charge in [0.2, 0.25) is 5.43 Å². The average molecular weight is 188 g/mol. The van der Waals surface area contributed by atoms with Gasteiger partial charge in [0.25, 0.3) is 0 Å². The zero-order chi connectivity index (χ0) is 9.97. The minimum absolute atomic E-state index is 0.539. The summed E-state index contributed by atoms with van der Waals surface area (Å²) >= 11 is 0. The van der Waals surface area contributed by atoms with Gasteiger partial charge >= 0.3 is 5.56 Å². The molecule has 0 unspecified atom stereocenters. The van der Waals surface area contributed by atoms with Crippen LogP contribution in [0.25, 0.3) is 11.3 Å². The quantitative estimate of drug-likeness (QED) is 0.648. The summed E-state index contributed by atoms with van der Waals surface area (Å²) in [6.07, 6.45) is 0. The predicted molar refractivity (Wildman–Crippen MR) is 53.1 cm³/mol. The predicted octanol–water partition coefficient (Wildman–Crippen LogP) is 0.730. The molecule has 0 atom stereocenters. The third kappa shape index (κ3) is 1.50. The Morgan fingerprint density at radius 3 is 2.29 bits per heavy atom. The first-order valence-corrected chi connectivity index (χ1v) is 4.15. The van der Waals surface area contributed by atoms with Gasteiger partial charge in [-0.3, -0.25) is 19.8 Å². The number of H-pyrrole nitrogens is 2. The first-order valence-electron chi connectivity index (χ1n) is 4.15. The van der Waals surface area contributed by atoms with Gasteiger partial charge in [-0.05, 0) is 5.56 Å². The van der Waals surface area contributed by atoms with E-state index in [4.69, 9.17) is 0 Å². The van der Waals surface area contributed by atoms with Crippen molar-refractivity contribution in [1.29, 1.82) is 0 Å². The first kappa shape index (κ1) is 8.50. The Hall–Kier alpha value is -2.10. The van der Waals surface area contributed by atoms with Crippen molar-refractivity contribution in [1.82, 2.24) is 10.2 Å². The van der Waals surface area contributed by atoms with Gasteiger partial charge in [0, 0.05) is 6.07 Å². The van der Waals surface area contributed by atoms with Gasteiger partial charge in [0.05, 0.1) is 5.69 Å². The lowest BCUT2D eigenvalue weighted by Gasteiger charge is -1.98. The van der Waals surface area contributed by atoms with Gasteiger partial charge < -0.3 is 0 Å². The fraction of sp³-hybridized carbons (Fsp3) is 0. The van der Waals surface area contributed by atoms with Crippen molar-refractivity contribution in [3.05, 3.63) is 57.0 Å². The Kier molecular flexibility index (Phi) is 2.02. The molecule has 2 rings (SSSR count). The standard InChI is InChI=1S/C10H8N2O2/c13-9-6-8(11-12-10(9)14)7-4-2-1-3-5-7/h1-6H,(H,11,13)(H,12,14). The van der Waals surface area contributed by atoms with Gasteiger partial charge in [-0.2, -0.15) is 0 Å². The third-order valence-electron chi connectivity index (χ3n) is 1.89. The molecule has 1 aromatic carbocycles. The number of nitrogens with one attached hydrogen (secondary N) is 2. The molecule has 0 aliphatic heterocycles. The van der Waals surface area contributed by atoms with Crippen LogP contribution in [0.3, 0.4) is 0 Å². The van der Waals surface area contributed by atoms with E-state index in [2.05, 4.69) is 10.2 Å². The van der Waals surface area contributed by atoms with Gasteiger partial charge in [-0.25, -0.2) is 0 Å². The van der Waals surface area contributed by atoms with Crippen LogP contribution in [0.2, 0.25) is 0 Å². The van der Waals surface area contributed by atoms with Gasteiger partial charge in [-0.1, -0.05) is 30.3 Å². The van der Waals surface area contributed by atoms with Gasteiger partial charge in [0.15, 0.2) is 0 Å². The van der Waals surface area contributed by atoms with E-state index >= 15 is 0 Å². The van der Waals surface area contributed by atoms with E-state index in [1.807, 2.05) is 30.3 Å². The van der Waals surface area contributed by atoms with Crippen LogP contribution in [0.5, 0.6) is 0 Å². The maximum atomic E-state index is 11.0. The van der Waals surface area contributed by atoms with Crippen LogP contribution in [-0.2, 0) is 0 Å². The molecule has 0 fully saturated rings. The number of aromatic nitrogens is 2. The van der Waals surface area contributed by atoms with Crippen LogP contribution < -0.4 is 11.0 Å². The van der Waals surface area contributed by atoms with Crippen LogP contribution in [0.1, 0.15) is 0 Å². The lowest BCUT2D eigenvalue weighted by atomic mass is 10.1. The first-order chi connectivity index (χ1) is 6.77. The molecule has 0 radical (unpaired) electrons. The summed E-state index contributed by atoms with van der Waals surface area (Å²) in [7, 11) is 0. The molecular formula is C10H8N2O2. The largest absolute Gasteiger partial charge is 0.310 e. The molecule has 1 heterocycles. The highest BCUT2D eigenvalue weighted by Gasteiger charge is 1.99. The Balaban J connectivity index is 2.59. The van der Waals surface area contributed by atoms with Crippen molar-refractivity contribution < 1.29 is 0 Å². The van der Waals surface area contributed by atoms with Crippen molar-refractivity contribution in [3.8, 4) is 11.3 Å². The molecule has 0 spiro atoms. The summed E-state index contributed by atoms with van der Waals surface area (Å²) in [5.74, 6) is 0. The zero-order valence-electron chi connectivity index (χ0n) is 7.28. The van der Waals surface area contributed by atoms with E-state index in [1.54, 1.807) is 0 Å². The Labute approximate surface area is 79.2 Å². The summed E-state index contributed by atoms with van der Waals surface area (Å²) in [4.78, 5) is 21.9. The number of hydrogen-bond donors (Lipinski definition) is 2. The molecule has 0 bridgehead atoms. The summed E-state index contributed by atoms with van der Waals surface area (Å²) < 4.78 is 0. The van der Waals surface area contributed by atoms with Crippen LogP contribution in [0, 0.1) is 0 Å². The number of hydrogen-bond acceptors (Lipinski definition) is 2. The van der Waals surface area contributed by atoms with Gasteiger partial charge in [-0.15, -0.1) is 0 Å². The smallest absolute Gasteiger partial charge is 0.297 e. The lowest BCUT2D eigenvalue weighted by Crippen LogP contribution is -2.26. The van der Waals surface area contributed by atoms with Crippen molar-refractivity contribution in [2.45, 2.75) is 0 Å². The molecular weight excluding hydrogens is 180 g/mol. The SMILES string of the molecule is O=c1cc(-c2ccccc2)[nH][nH]c1=O. The zero-order valence-corrected chi connectivity index (χ0v) is 7.28. The highest BCUT2D eigenvalue weighted by molar-refractivity contribution is 5.57. The molecule has 1 aromatic heterocycles. The Morgan fingerprint density at radius 2 is 1.64 bits per heavy atom. The molecule has 0 aliphatic rings. The summed E-state index contributed by atoms with van der Waals surface area (Å²) in [5, 5.41) is 4.93. The molecule has 2 aromatic rings. The van der Waals surface area contributed by atoms with Crippen LogP contribution in [0.15, 0.2) is 46.0 Å². The second-order valence-electron chi connectivity index (χ2n) is 2.87. The molecule has 70 valence electrons. The molecule has 2 N–H and O–H groups in total. The average Bonchev–Trinajstić information content (AvgIpc) is 2.23. The molecule has 4 nitrogen and oxygen atoms in total. The molecule has 0 amide bonds. The highest BCUT2D eigenvalue weighted by atomic mass is 16.2. The van der Waals surface area contributed by atoms with Crippen LogP contribution in [-0.4, -0.2) is 10.2 Å². The van der Waals surface area contributed by atoms with Gasteiger partial charge in [0.1, 0.15) is 0 Å². The van der Waals surface area contributed by atoms with E-state index in [-0.39, 0.29) is 0 Å². The lowest BCUT2D eigenvalue weighted by molar-refractivity contribution is 0.979. The maximum absolute atomic E-state index is 11.0. The summed E-state index contributed by atoms with van der Waals surface area (Å²) in [6, 6.07) is 10.6. The second-order valence-corrected chi connectivity index (χ2v) is 2.87. The fourth-order valence-electron chi connectivity index (χ4n) is 1.19. The minimum Gasteiger partial charge on any atom is -0.297 e. The summed E-state index contributed by atoms with van der Waals surface area (Å²) in [5.41, 5.74) is 0.295. The van der Waals surface area contributed by atoms with E-state index in [9.17, 15) is 9.59 Å². The molecule has 4 heteroatoms. The van der Waals surface area contributed by atoms with Crippen LogP contribution in [0.4, 0.5) is 0 Å². The van der Waals surface area contributed by atoms with Crippen molar-refractivity contribution >= 4 is 0 Å². The topological polar surface area (TPSA) is 65.7 Å². The monoisotopic (exact) mass is 188 g/mol. The van der Waals surface area contributed by atoms with Crippen molar-refractivity contribution in [2.75, 3.05) is 0 Å². The highest BCUT2D eigenvalue weighted by Crippen LogP contribution is 2.11. The third-order valence-corrected chi connectivity index (χ3v) is 1.89. The van der Waals surface area contributed by atoms with E-state index < -0.39 is 11.0 Å². The second kappa shape index (κ2) is 3.33. The Bertz CT molecular complexity index is 540. The number of benzene rings is 1. The number of rotatable bonds is 1. The molecule has 0 saturated heterocycles. The van der Waals surface area contributed by atoms with Crippen molar-refractivity contribution in [2.24, 2.45) is 0 Å². The minimum atomic E-state index is -0.635. The van der Waals surface area contributed by atoms with E-state index in [0.717, 1.165) is 5.56 Å². The summed E-state index contributed by atoms with van der Waals surface area (Å²) in [6.45, 7) is 0. The normalized spacial score (nSPS) is 10.0. The molecule has 0 aliphatic carbocycles. The number of aromatic amines is 2. The Morgan fingerprint density at radius 1 is 0.929 bits per heavy atom. The molecule has 0 saturated carbocycles. The fourth-order valence-corrected chi connectivity index (χ4v) is 1.19. The van der Waals surface area contributed by atoms with Crippen LogP contribution >= 0.6 is 0 Å². The van der Waals surface area contributed by atoms with Crippen molar-refractivity contribution in [3.63, 3.8) is 0 Å². The van der Waals surface area contributed by atoms with E-state index in [0.29, 0.717) is 5.69 Å². The molecule has 14 heavy (non-hydrogen) atoms. The maximum Gasteiger partial charge on any atom is 0.310 e.